The number of amides is 1. The van der Waals surface area contributed by atoms with Crippen LogP contribution in [0.25, 0.3) is 0 Å². The molecule has 0 bridgehead atoms. The quantitative estimate of drug-likeness (QED) is 0.791. The Kier molecular flexibility index (Phi) is 6.40. The van der Waals surface area contributed by atoms with Gasteiger partial charge in [-0.05, 0) is 43.9 Å². The van der Waals surface area contributed by atoms with Crippen molar-refractivity contribution in [3.63, 3.8) is 0 Å². The molecule has 0 spiro atoms. The first kappa shape index (κ1) is 18.9. The molecule has 24 heavy (non-hydrogen) atoms. The summed E-state index contributed by atoms with van der Waals surface area (Å²) < 4.78 is 26.8. The van der Waals surface area contributed by atoms with Crippen LogP contribution in [0.4, 0.5) is 0 Å². The van der Waals surface area contributed by atoms with Gasteiger partial charge in [-0.15, -0.1) is 0 Å². The van der Waals surface area contributed by atoms with E-state index in [9.17, 15) is 13.2 Å². The Morgan fingerprint density at radius 2 is 1.75 bits per heavy atom. The molecule has 0 saturated carbocycles. The molecular formula is C18H28N2O3S. The topological polar surface area (TPSA) is 57.7 Å². The standard InChI is InChI=1S/C18H28N2O3S/c1-4-15(2)19(3)18(21)14-16-8-10-17(11-9-16)24(22,23)20-12-6-5-7-13-20/h8-11,15H,4-7,12-14H2,1-3H3. The highest BCUT2D eigenvalue weighted by Crippen LogP contribution is 2.21. The molecule has 1 heterocycles. The van der Waals surface area contributed by atoms with E-state index in [1.54, 1.807) is 33.5 Å². The highest BCUT2D eigenvalue weighted by atomic mass is 32.2. The van der Waals surface area contributed by atoms with Crippen molar-refractivity contribution in [3.8, 4) is 0 Å². The van der Waals surface area contributed by atoms with E-state index in [1.807, 2.05) is 14.0 Å². The van der Waals surface area contributed by atoms with Crippen molar-refractivity contribution in [2.24, 2.45) is 0 Å². The fourth-order valence-electron chi connectivity index (χ4n) is 2.85. The molecule has 1 aromatic carbocycles. The molecule has 2 rings (SSSR count). The highest BCUT2D eigenvalue weighted by molar-refractivity contribution is 7.89. The van der Waals surface area contributed by atoms with Crippen LogP contribution < -0.4 is 0 Å². The van der Waals surface area contributed by atoms with Gasteiger partial charge < -0.3 is 4.90 Å². The summed E-state index contributed by atoms with van der Waals surface area (Å²) in [7, 11) is -1.59. The van der Waals surface area contributed by atoms with Gasteiger partial charge in [-0.3, -0.25) is 4.79 Å². The molecule has 1 atom stereocenters. The molecule has 0 aromatic heterocycles. The van der Waals surface area contributed by atoms with Crippen LogP contribution in [-0.4, -0.2) is 49.7 Å². The molecule has 5 nitrogen and oxygen atoms in total. The molecule has 1 aliphatic rings. The van der Waals surface area contributed by atoms with Gasteiger partial charge in [0.25, 0.3) is 0 Å². The SMILES string of the molecule is CCC(C)N(C)C(=O)Cc1ccc(S(=O)(=O)N2CCCCC2)cc1. The minimum Gasteiger partial charge on any atom is -0.343 e. The maximum absolute atomic E-state index is 12.6. The summed E-state index contributed by atoms with van der Waals surface area (Å²) in [6.45, 7) is 5.27. The fraction of sp³-hybridized carbons (Fsp3) is 0.611. The molecule has 134 valence electrons. The van der Waals surface area contributed by atoms with Gasteiger partial charge in [-0.25, -0.2) is 8.42 Å². The van der Waals surface area contributed by atoms with Gasteiger partial charge in [-0.2, -0.15) is 4.31 Å². The molecule has 1 saturated heterocycles. The molecule has 6 heteroatoms. The number of hydrogen-bond acceptors (Lipinski definition) is 3. The van der Waals surface area contributed by atoms with Gasteiger partial charge in [0.1, 0.15) is 0 Å². The maximum Gasteiger partial charge on any atom is 0.243 e. The Morgan fingerprint density at radius 1 is 1.17 bits per heavy atom. The minimum atomic E-state index is -3.40. The van der Waals surface area contributed by atoms with Crippen LogP contribution in [0.15, 0.2) is 29.2 Å². The van der Waals surface area contributed by atoms with E-state index in [0.717, 1.165) is 31.2 Å². The predicted molar refractivity (Wildman–Crippen MR) is 95.3 cm³/mol. The zero-order chi connectivity index (χ0) is 17.7. The summed E-state index contributed by atoms with van der Waals surface area (Å²) >= 11 is 0. The third-order valence-electron chi connectivity index (χ3n) is 4.88. The molecule has 1 fully saturated rings. The lowest BCUT2D eigenvalue weighted by Crippen LogP contribution is -2.36. The monoisotopic (exact) mass is 352 g/mol. The lowest BCUT2D eigenvalue weighted by molar-refractivity contribution is -0.130. The highest BCUT2D eigenvalue weighted by Gasteiger charge is 2.25. The average Bonchev–Trinajstić information content (AvgIpc) is 2.61. The first-order valence-electron chi connectivity index (χ1n) is 8.71. The lowest BCUT2D eigenvalue weighted by Gasteiger charge is -2.26. The minimum absolute atomic E-state index is 0.0518. The van der Waals surface area contributed by atoms with E-state index in [-0.39, 0.29) is 11.9 Å². The first-order chi connectivity index (χ1) is 11.4. The van der Waals surface area contributed by atoms with E-state index in [1.165, 1.54) is 0 Å². The molecule has 1 aromatic rings. The van der Waals surface area contributed by atoms with Crippen LogP contribution in [0.1, 0.15) is 45.1 Å². The summed E-state index contributed by atoms with van der Waals surface area (Å²) in [4.78, 5) is 14.3. The molecule has 1 amide bonds. The van der Waals surface area contributed by atoms with Crippen molar-refractivity contribution < 1.29 is 13.2 Å². The second-order valence-electron chi connectivity index (χ2n) is 6.55. The second-order valence-corrected chi connectivity index (χ2v) is 8.49. The Balaban J connectivity index is 2.06. The van der Waals surface area contributed by atoms with Gasteiger partial charge in [0, 0.05) is 26.2 Å². The largest absolute Gasteiger partial charge is 0.343 e. The van der Waals surface area contributed by atoms with Crippen molar-refractivity contribution in [1.82, 2.24) is 9.21 Å². The third kappa shape index (κ3) is 4.36. The van der Waals surface area contributed by atoms with Crippen LogP contribution in [-0.2, 0) is 21.2 Å². The second kappa shape index (κ2) is 8.12. The summed E-state index contributed by atoms with van der Waals surface area (Å²) in [5.74, 6) is 0.0518. The van der Waals surface area contributed by atoms with Gasteiger partial charge in [0.05, 0.1) is 11.3 Å². The van der Waals surface area contributed by atoms with Gasteiger partial charge in [0.2, 0.25) is 15.9 Å². The van der Waals surface area contributed by atoms with Crippen LogP contribution >= 0.6 is 0 Å². The number of carbonyl (C=O) groups excluding carboxylic acids is 1. The van der Waals surface area contributed by atoms with E-state index >= 15 is 0 Å². The van der Waals surface area contributed by atoms with Crippen molar-refractivity contribution in [3.05, 3.63) is 29.8 Å². The predicted octanol–water partition coefficient (Wildman–Crippen LogP) is 2.66. The number of hydrogen-bond donors (Lipinski definition) is 0. The molecule has 0 aliphatic carbocycles. The number of likely N-dealkylation sites (N-methyl/N-ethyl adjacent to an activating group) is 1. The van der Waals surface area contributed by atoms with Crippen LogP contribution in [0.5, 0.6) is 0 Å². The Hall–Kier alpha value is -1.40. The third-order valence-corrected chi connectivity index (χ3v) is 6.79. The Labute approximate surface area is 145 Å². The van der Waals surface area contributed by atoms with Crippen molar-refractivity contribution >= 4 is 15.9 Å². The number of piperidine rings is 1. The molecule has 1 aliphatic heterocycles. The van der Waals surface area contributed by atoms with E-state index < -0.39 is 10.0 Å². The van der Waals surface area contributed by atoms with E-state index in [2.05, 4.69) is 6.92 Å². The number of nitrogens with zero attached hydrogens (tertiary/aromatic N) is 2. The summed E-state index contributed by atoms with van der Waals surface area (Å²) in [6.07, 6.45) is 4.15. The van der Waals surface area contributed by atoms with Gasteiger partial charge in [0.15, 0.2) is 0 Å². The van der Waals surface area contributed by atoms with Gasteiger partial charge >= 0.3 is 0 Å². The van der Waals surface area contributed by atoms with E-state index in [4.69, 9.17) is 0 Å². The number of sulfonamides is 1. The first-order valence-corrected chi connectivity index (χ1v) is 10.1. The van der Waals surface area contributed by atoms with E-state index in [0.29, 0.717) is 24.4 Å². The summed E-state index contributed by atoms with van der Waals surface area (Å²) in [5, 5.41) is 0. The Morgan fingerprint density at radius 3 is 2.29 bits per heavy atom. The molecule has 0 N–H and O–H groups in total. The Bertz CT molecular complexity index is 649. The molecule has 1 unspecified atom stereocenters. The smallest absolute Gasteiger partial charge is 0.243 e. The van der Waals surface area contributed by atoms with Crippen molar-refractivity contribution in [2.45, 2.75) is 56.9 Å². The van der Waals surface area contributed by atoms with Crippen LogP contribution in [0, 0.1) is 0 Å². The fourth-order valence-corrected chi connectivity index (χ4v) is 4.37. The van der Waals surface area contributed by atoms with Crippen LogP contribution in [0.3, 0.4) is 0 Å². The summed E-state index contributed by atoms with van der Waals surface area (Å²) in [5.41, 5.74) is 0.841. The average molecular weight is 353 g/mol. The van der Waals surface area contributed by atoms with Crippen LogP contribution in [0.2, 0.25) is 0 Å². The normalized spacial score (nSPS) is 17.5. The maximum atomic E-state index is 12.6. The summed E-state index contributed by atoms with van der Waals surface area (Å²) in [6, 6.07) is 6.94. The number of rotatable bonds is 6. The zero-order valence-electron chi connectivity index (χ0n) is 14.9. The van der Waals surface area contributed by atoms with Crippen molar-refractivity contribution in [2.75, 3.05) is 20.1 Å². The number of carbonyl (C=O) groups is 1. The molecule has 0 radical (unpaired) electrons. The zero-order valence-corrected chi connectivity index (χ0v) is 15.7. The number of benzene rings is 1. The molecular weight excluding hydrogens is 324 g/mol. The van der Waals surface area contributed by atoms with Gasteiger partial charge in [-0.1, -0.05) is 25.5 Å². The van der Waals surface area contributed by atoms with Crippen molar-refractivity contribution in [1.29, 1.82) is 0 Å². The lowest BCUT2D eigenvalue weighted by atomic mass is 10.1.